The van der Waals surface area contributed by atoms with Gasteiger partial charge in [-0.25, -0.2) is 9.78 Å². The number of ether oxygens (including phenoxy) is 3. The lowest BCUT2D eigenvalue weighted by Crippen LogP contribution is -2.06. The lowest BCUT2D eigenvalue weighted by Gasteiger charge is -2.14. The lowest BCUT2D eigenvalue weighted by atomic mass is 9.92. The van der Waals surface area contributed by atoms with Crippen LogP contribution in [0.2, 0.25) is 0 Å². The monoisotopic (exact) mass is 515 g/mol. The second-order valence-corrected chi connectivity index (χ2v) is 8.96. The van der Waals surface area contributed by atoms with Gasteiger partial charge < -0.3 is 14.2 Å². The molecule has 38 heavy (non-hydrogen) atoms. The average molecular weight is 516 g/mol. The van der Waals surface area contributed by atoms with E-state index in [4.69, 9.17) is 14.2 Å². The van der Waals surface area contributed by atoms with Crippen LogP contribution in [0, 0.1) is 5.92 Å². The molecule has 6 heteroatoms. The number of aromatic nitrogens is 1. The highest BCUT2D eigenvalue weighted by Crippen LogP contribution is 2.23. The summed E-state index contributed by atoms with van der Waals surface area (Å²) in [6, 6.07) is 21.5. The minimum absolute atomic E-state index is 0.148. The highest BCUT2D eigenvalue weighted by atomic mass is 16.5. The van der Waals surface area contributed by atoms with E-state index in [-0.39, 0.29) is 17.9 Å². The largest absolute Gasteiger partial charge is 0.472 e. The Labute approximate surface area is 225 Å². The number of carbonyl (C=O) groups excluding carboxylic acids is 2. The molecule has 6 nitrogen and oxygen atoms in total. The fourth-order valence-electron chi connectivity index (χ4n) is 4.09. The Bertz CT molecular complexity index is 1160. The summed E-state index contributed by atoms with van der Waals surface area (Å²) in [5.74, 6) is 0.360. The zero-order valence-electron chi connectivity index (χ0n) is 22.3. The summed E-state index contributed by atoms with van der Waals surface area (Å²) in [5.41, 5.74) is 3.67. The summed E-state index contributed by atoms with van der Waals surface area (Å²) in [6.07, 6.45) is 9.82. The number of esters is 2. The van der Waals surface area contributed by atoms with Gasteiger partial charge in [0.25, 0.3) is 0 Å². The minimum Gasteiger partial charge on any atom is -0.472 e. The summed E-state index contributed by atoms with van der Waals surface area (Å²) in [5, 5.41) is 0. The zero-order chi connectivity index (χ0) is 27.0. The van der Waals surface area contributed by atoms with Crippen molar-refractivity contribution in [2.24, 2.45) is 5.92 Å². The molecule has 1 heterocycles. The molecular formula is C32H37NO5. The first-order valence-corrected chi connectivity index (χ1v) is 13.3. The van der Waals surface area contributed by atoms with Crippen LogP contribution in [0.1, 0.15) is 66.6 Å². The van der Waals surface area contributed by atoms with E-state index in [2.05, 4.69) is 17.1 Å². The predicted octanol–water partition coefficient (Wildman–Crippen LogP) is 6.83. The maximum Gasteiger partial charge on any atom is 0.338 e. The molecule has 0 spiro atoms. The molecule has 0 fully saturated rings. The Morgan fingerprint density at radius 2 is 1.63 bits per heavy atom. The van der Waals surface area contributed by atoms with E-state index in [1.165, 1.54) is 0 Å². The van der Waals surface area contributed by atoms with Crippen LogP contribution in [0.25, 0.3) is 6.08 Å². The van der Waals surface area contributed by atoms with Gasteiger partial charge in [0.1, 0.15) is 6.61 Å². The molecule has 1 atom stereocenters. The molecule has 0 amide bonds. The minimum atomic E-state index is -0.311. The maximum absolute atomic E-state index is 12.0. The Morgan fingerprint density at radius 1 is 0.868 bits per heavy atom. The van der Waals surface area contributed by atoms with Crippen LogP contribution in [0.4, 0.5) is 0 Å². The number of hydrogen-bond acceptors (Lipinski definition) is 6. The van der Waals surface area contributed by atoms with Crippen LogP contribution in [0.3, 0.4) is 0 Å². The number of hydrogen-bond donors (Lipinski definition) is 0. The molecule has 0 aliphatic carbocycles. The molecule has 3 aromatic rings. The molecule has 0 N–H and O–H groups in total. The summed E-state index contributed by atoms with van der Waals surface area (Å²) in [6.45, 7) is 4.83. The third-order valence-corrected chi connectivity index (χ3v) is 6.04. The highest BCUT2D eigenvalue weighted by Gasteiger charge is 2.11. The average Bonchev–Trinajstić information content (AvgIpc) is 2.94. The highest BCUT2D eigenvalue weighted by molar-refractivity contribution is 5.89. The van der Waals surface area contributed by atoms with E-state index in [0.717, 1.165) is 42.4 Å². The standard InChI is InChI=1S/C32H37NO5/c1-3-36-30(34)15-9-8-11-25(23-26-17-20-29(21-18-26)32(35)37-4-2)16-19-28-14-10-22-33-31(28)38-24-27-12-6-5-7-13-27/h5-7,10,12-14,16-22,25H,3-4,8-9,11,15,23-24H2,1-2H3/b19-16+. The number of carbonyl (C=O) groups is 2. The number of unbranched alkanes of at least 4 members (excludes halogenated alkanes) is 1. The molecule has 0 saturated heterocycles. The van der Waals surface area contributed by atoms with Crippen molar-refractivity contribution in [2.75, 3.05) is 13.2 Å². The van der Waals surface area contributed by atoms with Crippen molar-refractivity contribution < 1.29 is 23.8 Å². The second-order valence-electron chi connectivity index (χ2n) is 8.96. The van der Waals surface area contributed by atoms with Crippen molar-refractivity contribution >= 4 is 18.0 Å². The predicted molar refractivity (Wildman–Crippen MR) is 149 cm³/mol. The van der Waals surface area contributed by atoms with Crippen LogP contribution >= 0.6 is 0 Å². The summed E-state index contributed by atoms with van der Waals surface area (Å²) < 4.78 is 16.2. The second kappa shape index (κ2) is 16.0. The van der Waals surface area contributed by atoms with E-state index < -0.39 is 0 Å². The van der Waals surface area contributed by atoms with Crippen LogP contribution in [-0.4, -0.2) is 30.1 Å². The quantitative estimate of drug-likeness (QED) is 0.163. The molecule has 0 bridgehead atoms. The number of benzene rings is 2. The molecule has 0 saturated carbocycles. The molecule has 0 aliphatic rings. The molecule has 0 radical (unpaired) electrons. The van der Waals surface area contributed by atoms with Crippen LogP contribution in [0.5, 0.6) is 5.88 Å². The summed E-state index contributed by atoms with van der Waals surface area (Å²) in [7, 11) is 0. The molecule has 1 unspecified atom stereocenters. The van der Waals surface area contributed by atoms with Gasteiger partial charge in [-0.1, -0.05) is 61.0 Å². The van der Waals surface area contributed by atoms with Gasteiger partial charge >= 0.3 is 11.9 Å². The van der Waals surface area contributed by atoms with Gasteiger partial charge in [0.05, 0.1) is 18.8 Å². The van der Waals surface area contributed by atoms with Crippen LogP contribution in [-0.2, 0) is 27.3 Å². The summed E-state index contributed by atoms with van der Waals surface area (Å²) >= 11 is 0. The molecule has 2 aromatic carbocycles. The van der Waals surface area contributed by atoms with Gasteiger partial charge in [0.15, 0.2) is 0 Å². The first-order valence-electron chi connectivity index (χ1n) is 13.3. The topological polar surface area (TPSA) is 74.7 Å². The number of rotatable bonds is 15. The molecule has 200 valence electrons. The smallest absolute Gasteiger partial charge is 0.338 e. The van der Waals surface area contributed by atoms with E-state index >= 15 is 0 Å². The first-order chi connectivity index (χ1) is 18.6. The van der Waals surface area contributed by atoms with Gasteiger partial charge in [-0.15, -0.1) is 0 Å². The zero-order valence-corrected chi connectivity index (χ0v) is 22.3. The fourth-order valence-corrected chi connectivity index (χ4v) is 4.09. The Morgan fingerprint density at radius 3 is 2.37 bits per heavy atom. The molecule has 1 aromatic heterocycles. The third kappa shape index (κ3) is 9.85. The molecule has 3 rings (SSSR count). The lowest BCUT2D eigenvalue weighted by molar-refractivity contribution is -0.143. The van der Waals surface area contributed by atoms with E-state index in [9.17, 15) is 9.59 Å². The van der Waals surface area contributed by atoms with Crippen molar-refractivity contribution in [1.29, 1.82) is 0 Å². The molecular weight excluding hydrogens is 478 g/mol. The van der Waals surface area contributed by atoms with E-state index in [0.29, 0.717) is 37.7 Å². The first kappa shape index (κ1) is 28.6. The number of allylic oxidation sites excluding steroid dienone is 1. The summed E-state index contributed by atoms with van der Waals surface area (Å²) in [4.78, 5) is 28.2. The van der Waals surface area contributed by atoms with Crippen LogP contribution < -0.4 is 4.74 Å². The number of pyridine rings is 1. The van der Waals surface area contributed by atoms with Gasteiger partial charge in [0, 0.05) is 18.2 Å². The fraction of sp³-hybridized carbons (Fsp3) is 0.344. The SMILES string of the molecule is CCOC(=O)CCCCC(/C=C/c1cccnc1OCc1ccccc1)Cc1ccc(C(=O)OCC)cc1. The maximum atomic E-state index is 12.0. The van der Waals surface area contributed by atoms with Crippen molar-refractivity contribution in [3.63, 3.8) is 0 Å². The normalized spacial score (nSPS) is 11.7. The van der Waals surface area contributed by atoms with E-state index in [1.807, 2.05) is 73.7 Å². The Hall–Kier alpha value is -3.93. The van der Waals surface area contributed by atoms with Gasteiger partial charge in [-0.05, 0) is 74.4 Å². The Kier molecular flexibility index (Phi) is 12.1. The van der Waals surface area contributed by atoms with Crippen molar-refractivity contribution in [1.82, 2.24) is 4.98 Å². The van der Waals surface area contributed by atoms with E-state index in [1.54, 1.807) is 13.1 Å². The van der Waals surface area contributed by atoms with Crippen molar-refractivity contribution in [3.8, 4) is 5.88 Å². The third-order valence-electron chi connectivity index (χ3n) is 6.04. The van der Waals surface area contributed by atoms with Gasteiger partial charge in [-0.3, -0.25) is 4.79 Å². The van der Waals surface area contributed by atoms with Gasteiger partial charge in [0.2, 0.25) is 5.88 Å². The van der Waals surface area contributed by atoms with Crippen LogP contribution in [0.15, 0.2) is 79.0 Å². The van der Waals surface area contributed by atoms with Gasteiger partial charge in [-0.2, -0.15) is 0 Å². The van der Waals surface area contributed by atoms with Crippen molar-refractivity contribution in [3.05, 3.63) is 101 Å². The number of nitrogens with zero attached hydrogens (tertiary/aromatic N) is 1. The Balaban J connectivity index is 1.69. The molecule has 0 aliphatic heterocycles. The van der Waals surface area contributed by atoms with Crippen molar-refractivity contribution in [2.45, 2.75) is 52.6 Å².